The number of rotatable bonds is 3. The first-order valence-electron chi connectivity index (χ1n) is 5.89. The summed E-state index contributed by atoms with van der Waals surface area (Å²) in [5.41, 5.74) is -1.29. The van der Waals surface area contributed by atoms with E-state index in [1.54, 1.807) is 7.05 Å². The van der Waals surface area contributed by atoms with Gasteiger partial charge in [0.1, 0.15) is 0 Å². The number of benzene rings is 1. The van der Waals surface area contributed by atoms with E-state index in [1.165, 1.54) is 29.1 Å². The van der Waals surface area contributed by atoms with E-state index in [-0.39, 0.29) is 16.3 Å². The normalized spacial score (nSPS) is 11.9. The molecular formula is C13H9ClF3N3O2. The Bertz CT molecular complexity index is 726. The summed E-state index contributed by atoms with van der Waals surface area (Å²) in [5.74, 6) is -0.966. The zero-order chi connectivity index (χ0) is 16.3. The van der Waals surface area contributed by atoms with Gasteiger partial charge in [-0.3, -0.25) is 4.68 Å². The molecule has 1 heterocycles. The van der Waals surface area contributed by atoms with Crippen LogP contribution in [0.1, 0.15) is 21.6 Å². The lowest BCUT2D eigenvalue weighted by Crippen LogP contribution is -2.09. The topological polar surface area (TPSA) is 56.5 Å². The summed E-state index contributed by atoms with van der Waals surface area (Å²) in [7, 11) is 1.55. The Kier molecular flexibility index (Phi) is 4.51. The molecule has 0 bridgehead atoms. The highest BCUT2D eigenvalue weighted by molar-refractivity contribution is 6.33. The van der Waals surface area contributed by atoms with Crippen LogP contribution in [0, 0.1) is 0 Å². The zero-order valence-electron chi connectivity index (χ0n) is 11.1. The number of hydrogen-bond acceptors (Lipinski definition) is 4. The Hall–Kier alpha value is -2.35. The van der Waals surface area contributed by atoms with Crippen LogP contribution in [0.4, 0.5) is 13.2 Å². The summed E-state index contributed by atoms with van der Waals surface area (Å²) in [5, 5.41) is 7.06. The van der Waals surface area contributed by atoms with Crippen molar-refractivity contribution in [2.24, 2.45) is 12.2 Å². The number of nitrogens with zero attached hydrogens (tertiary/aromatic N) is 3. The Morgan fingerprint density at radius 2 is 2.09 bits per heavy atom. The van der Waals surface area contributed by atoms with E-state index < -0.39 is 17.7 Å². The minimum Gasteiger partial charge on any atom is -0.311 e. The van der Waals surface area contributed by atoms with Gasteiger partial charge in [0.2, 0.25) is 0 Å². The van der Waals surface area contributed by atoms with E-state index in [4.69, 9.17) is 11.6 Å². The van der Waals surface area contributed by atoms with Crippen molar-refractivity contribution in [1.29, 1.82) is 0 Å². The highest BCUT2D eigenvalue weighted by Crippen LogP contribution is 2.31. The molecule has 0 N–H and O–H groups in total. The number of carbonyl (C=O) groups excluding carboxylic acids is 1. The minimum atomic E-state index is -4.53. The molecule has 2 rings (SSSR count). The molecule has 0 spiro atoms. The fourth-order valence-electron chi connectivity index (χ4n) is 1.64. The second-order valence-corrected chi connectivity index (χ2v) is 4.60. The first-order valence-corrected chi connectivity index (χ1v) is 6.27. The van der Waals surface area contributed by atoms with Crippen molar-refractivity contribution in [1.82, 2.24) is 9.78 Å². The second kappa shape index (κ2) is 6.18. The molecule has 5 nitrogen and oxygen atoms in total. The summed E-state index contributed by atoms with van der Waals surface area (Å²) in [4.78, 5) is 16.1. The smallest absolute Gasteiger partial charge is 0.311 e. The first kappa shape index (κ1) is 16.0. The first-order chi connectivity index (χ1) is 10.3. The third-order valence-corrected chi connectivity index (χ3v) is 2.85. The molecule has 0 saturated heterocycles. The van der Waals surface area contributed by atoms with Gasteiger partial charge in [0, 0.05) is 18.8 Å². The number of aromatic nitrogens is 2. The summed E-state index contributed by atoms with van der Waals surface area (Å²) < 4.78 is 39.6. The molecule has 0 fully saturated rings. The largest absolute Gasteiger partial charge is 0.417 e. The molecule has 1 aromatic heterocycles. The Balaban J connectivity index is 2.14. The molecule has 0 radical (unpaired) electrons. The quantitative estimate of drug-likeness (QED) is 0.492. The number of alkyl halides is 3. The van der Waals surface area contributed by atoms with Crippen molar-refractivity contribution in [3.8, 4) is 0 Å². The number of hydrogen-bond donors (Lipinski definition) is 0. The molecule has 0 saturated carbocycles. The molecule has 116 valence electrons. The molecule has 0 amide bonds. The van der Waals surface area contributed by atoms with Gasteiger partial charge in [0.05, 0.1) is 16.8 Å². The van der Waals surface area contributed by atoms with Gasteiger partial charge in [-0.15, -0.1) is 0 Å². The van der Waals surface area contributed by atoms with Crippen LogP contribution >= 0.6 is 11.6 Å². The molecule has 0 aliphatic heterocycles. The molecule has 0 atom stereocenters. The molecule has 0 aliphatic carbocycles. The van der Waals surface area contributed by atoms with E-state index in [9.17, 15) is 18.0 Å². The van der Waals surface area contributed by atoms with Gasteiger partial charge in [0.15, 0.2) is 5.69 Å². The van der Waals surface area contributed by atoms with Gasteiger partial charge in [-0.1, -0.05) is 35.0 Å². The highest BCUT2D eigenvalue weighted by atomic mass is 35.5. The van der Waals surface area contributed by atoms with Gasteiger partial charge in [-0.05, 0) is 6.07 Å². The van der Waals surface area contributed by atoms with Gasteiger partial charge in [-0.25, -0.2) is 4.79 Å². The van der Waals surface area contributed by atoms with Crippen molar-refractivity contribution < 1.29 is 22.8 Å². The minimum absolute atomic E-state index is 0.0541. The predicted octanol–water partition coefficient (Wildman–Crippen LogP) is 3.28. The van der Waals surface area contributed by atoms with Gasteiger partial charge in [-0.2, -0.15) is 18.3 Å². The summed E-state index contributed by atoms with van der Waals surface area (Å²) in [6.45, 7) is 0. The number of oxime groups is 1. The maximum absolute atomic E-state index is 12.8. The fourth-order valence-corrected chi connectivity index (χ4v) is 1.90. The number of halogens is 4. The Morgan fingerprint density at radius 1 is 1.41 bits per heavy atom. The van der Waals surface area contributed by atoms with E-state index >= 15 is 0 Å². The maximum Gasteiger partial charge on any atom is 0.417 e. The van der Waals surface area contributed by atoms with Gasteiger partial charge < -0.3 is 4.84 Å². The van der Waals surface area contributed by atoms with Crippen LogP contribution in [0.2, 0.25) is 5.02 Å². The maximum atomic E-state index is 12.8. The molecule has 0 unspecified atom stereocenters. The fraction of sp³-hybridized carbons (Fsp3) is 0.154. The number of carbonyl (C=O) groups is 1. The van der Waals surface area contributed by atoms with Crippen LogP contribution in [0.5, 0.6) is 0 Å². The van der Waals surface area contributed by atoms with E-state index in [1.807, 2.05) is 0 Å². The van der Waals surface area contributed by atoms with E-state index in [2.05, 4.69) is 15.1 Å². The summed E-state index contributed by atoms with van der Waals surface area (Å²) in [6.07, 6.45) is -2.35. The van der Waals surface area contributed by atoms with E-state index in [0.717, 1.165) is 12.3 Å². The monoisotopic (exact) mass is 331 g/mol. The molecule has 0 aliphatic rings. The summed E-state index contributed by atoms with van der Waals surface area (Å²) in [6, 6.07) is 4.76. The lowest BCUT2D eigenvalue weighted by Gasteiger charge is -2.08. The van der Waals surface area contributed by atoms with Crippen LogP contribution in [0.25, 0.3) is 0 Å². The van der Waals surface area contributed by atoms with Crippen LogP contribution in [0.15, 0.2) is 35.6 Å². The molecular weight excluding hydrogens is 323 g/mol. The van der Waals surface area contributed by atoms with E-state index in [0.29, 0.717) is 0 Å². The van der Waals surface area contributed by atoms with Gasteiger partial charge in [0.25, 0.3) is 0 Å². The number of aryl methyl sites for hydroxylation is 1. The zero-order valence-corrected chi connectivity index (χ0v) is 11.9. The van der Waals surface area contributed by atoms with Crippen LogP contribution in [-0.2, 0) is 18.1 Å². The lowest BCUT2D eigenvalue weighted by atomic mass is 10.1. The highest BCUT2D eigenvalue weighted by Gasteiger charge is 2.32. The molecule has 1 aromatic carbocycles. The van der Waals surface area contributed by atoms with Crippen molar-refractivity contribution >= 4 is 23.8 Å². The van der Waals surface area contributed by atoms with Crippen molar-refractivity contribution in [2.75, 3.05) is 0 Å². The van der Waals surface area contributed by atoms with Crippen LogP contribution in [0.3, 0.4) is 0 Å². The van der Waals surface area contributed by atoms with Gasteiger partial charge >= 0.3 is 12.1 Å². The third kappa shape index (κ3) is 3.64. The molecule has 2 aromatic rings. The van der Waals surface area contributed by atoms with Crippen molar-refractivity contribution in [2.45, 2.75) is 6.18 Å². The Labute approximate surface area is 127 Å². The molecule has 9 heteroatoms. The third-order valence-electron chi connectivity index (χ3n) is 2.57. The van der Waals surface area contributed by atoms with Crippen molar-refractivity contribution in [3.05, 3.63) is 52.3 Å². The van der Waals surface area contributed by atoms with Crippen LogP contribution < -0.4 is 0 Å². The average molecular weight is 332 g/mol. The predicted molar refractivity (Wildman–Crippen MR) is 72.7 cm³/mol. The molecule has 22 heavy (non-hydrogen) atoms. The standard InChI is InChI=1S/C13H9ClF3N3O2/c1-20-7-10(14)11(19-20)12(21)22-18-6-8-4-2-3-5-9(8)13(15,16)17/h2-7H,1H3. The Morgan fingerprint density at radius 3 is 2.68 bits per heavy atom. The second-order valence-electron chi connectivity index (χ2n) is 4.20. The average Bonchev–Trinajstić information content (AvgIpc) is 2.77. The summed E-state index contributed by atoms with van der Waals surface area (Å²) >= 11 is 5.74. The SMILES string of the molecule is Cn1cc(Cl)c(C(=O)ON=Cc2ccccc2C(F)(F)F)n1. The lowest BCUT2D eigenvalue weighted by molar-refractivity contribution is -0.137. The van der Waals surface area contributed by atoms with Crippen LogP contribution in [-0.4, -0.2) is 22.0 Å². The van der Waals surface area contributed by atoms with Crippen molar-refractivity contribution in [3.63, 3.8) is 0 Å².